The highest BCUT2D eigenvalue weighted by molar-refractivity contribution is 9.10. The van der Waals surface area contributed by atoms with Gasteiger partial charge in [0.2, 0.25) is 0 Å². The van der Waals surface area contributed by atoms with Crippen LogP contribution in [0, 0.1) is 0 Å². The fourth-order valence-corrected chi connectivity index (χ4v) is 2.59. The van der Waals surface area contributed by atoms with Gasteiger partial charge in [0.15, 0.2) is 0 Å². The summed E-state index contributed by atoms with van der Waals surface area (Å²) in [5.74, 6) is 0. The summed E-state index contributed by atoms with van der Waals surface area (Å²) in [4.78, 5) is 4.29. The lowest BCUT2D eigenvalue weighted by atomic mass is 10.2. The van der Waals surface area contributed by atoms with Crippen molar-refractivity contribution in [3.8, 4) is 10.6 Å². The molecule has 4 heteroatoms. The average Bonchev–Trinajstić information content (AvgIpc) is 2.53. The van der Waals surface area contributed by atoms with Crippen molar-refractivity contribution in [3.63, 3.8) is 0 Å². The highest BCUT2D eigenvalue weighted by atomic mass is 79.9. The minimum absolute atomic E-state index is 0.740. The second kappa shape index (κ2) is 3.78. The topological polar surface area (TPSA) is 12.9 Å². The largest absolute Gasteiger partial charge is 0.229 e. The van der Waals surface area contributed by atoms with E-state index in [1.165, 1.54) is 0 Å². The van der Waals surface area contributed by atoms with Gasteiger partial charge < -0.3 is 0 Å². The van der Waals surface area contributed by atoms with Crippen LogP contribution in [0.5, 0.6) is 0 Å². The highest BCUT2D eigenvalue weighted by Gasteiger charge is 2.05. The van der Waals surface area contributed by atoms with Gasteiger partial charge in [0, 0.05) is 10.9 Å². The zero-order chi connectivity index (χ0) is 9.26. The zero-order valence-electron chi connectivity index (χ0n) is 6.50. The number of benzene rings is 1. The van der Waals surface area contributed by atoms with E-state index in [9.17, 15) is 0 Å². The molecule has 0 N–H and O–H groups in total. The van der Waals surface area contributed by atoms with Crippen LogP contribution in [0.15, 0.2) is 34.2 Å². The minimum atomic E-state index is 0.740. The number of nitrogens with zero attached hydrogens (tertiary/aromatic N) is 1. The fourth-order valence-electron chi connectivity index (χ4n) is 1.01. The molecular weight excluding hydrogens is 270 g/mol. The average molecular weight is 275 g/mol. The van der Waals surface area contributed by atoms with Gasteiger partial charge in [-0.05, 0) is 22.0 Å². The zero-order valence-corrected chi connectivity index (χ0v) is 9.66. The Hall–Kier alpha value is -0.380. The maximum absolute atomic E-state index is 6.02. The Labute approximate surface area is 93.5 Å². The SMILES string of the molecule is Clc1ccccc1-c1nc(Br)cs1. The molecule has 66 valence electrons. The van der Waals surface area contributed by atoms with Crippen molar-refractivity contribution < 1.29 is 0 Å². The predicted molar refractivity (Wildman–Crippen MR) is 60.3 cm³/mol. The van der Waals surface area contributed by atoms with Crippen LogP contribution in [0.3, 0.4) is 0 Å². The molecule has 0 spiro atoms. The first kappa shape index (κ1) is 9.19. The van der Waals surface area contributed by atoms with E-state index in [2.05, 4.69) is 20.9 Å². The Morgan fingerprint density at radius 3 is 2.69 bits per heavy atom. The van der Waals surface area contributed by atoms with Gasteiger partial charge >= 0.3 is 0 Å². The van der Waals surface area contributed by atoms with Crippen LogP contribution < -0.4 is 0 Å². The van der Waals surface area contributed by atoms with E-state index in [-0.39, 0.29) is 0 Å². The number of hydrogen-bond donors (Lipinski definition) is 0. The van der Waals surface area contributed by atoms with Crippen LogP contribution in [0.2, 0.25) is 5.02 Å². The van der Waals surface area contributed by atoms with E-state index in [1.807, 2.05) is 29.6 Å². The van der Waals surface area contributed by atoms with Gasteiger partial charge in [0.25, 0.3) is 0 Å². The third-order valence-corrected chi connectivity index (χ3v) is 3.49. The molecule has 0 unspecified atom stereocenters. The van der Waals surface area contributed by atoms with Gasteiger partial charge in [-0.2, -0.15) is 0 Å². The molecule has 0 radical (unpaired) electrons. The quantitative estimate of drug-likeness (QED) is 0.758. The Morgan fingerprint density at radius 1 is 1.31 bits per heavy atom. The third kappa shape index (κ3) is 1.93. The summed E-state index contributed by atoms with van der Waals surface area (Å²) >= 11 is 10.9. The molecule has 1 aromatic heterocycles. The smallest absolute Gasteiger partial charge is 0.126 e. The molecule has 0 saturated heterocycles. The number of rotatable bonds is 1. The molecule has 1 heterocycles. The normalized spacial score (nSPS) is 10.3. The van der Waals surface area contributed by atoms with Crippen LogP contribution in [-0.4, -0.2) is 4.98 Å². The number of halogens is 2. The first-order valence-corrected chi connectivity index (χ1v) is 5.68. The summed E-state index contributed by atoms with van der Waals surface area (Å²) < 4.78 is 0.854. The van der Waals surface area contributed by atoms with E-state index in [1.54, 1.807) is 11.3 Å². The maximum Gasteiger partial charge on any atom is 0.126 e. The van der Waals surface area contributed by atoms with E-state index >= 15 is 0 Å². The lowest BCUT2D eigenvalue weighted by Crippen LogP contribution is -1.76. The Balaban J connectivity index is 2.52. The van der Waals surface area contributed by atoms with E-state index in [0.29, 0.717) is 0 Å². The molecule has 13 heavy (non-hydrogen) atoms. The summed E-state index contributed by atoms with van der Waals surface area (Å²) in [6.45, 7) is 0. The molecule has 2 rings (SSSR count). The van der Waals surface area contributed by atoms with E-state index in [4.69, 9.17) is 11.6 Å². The van der Waals surface area contributed by atoms with Crippen LogP contribution in [-0.2, 0) is 0 Å². The molecule has 0 aliphatic carbocycles. The second-order valence-electron chi connectivity index (χ2n) is 2.46. The first-order valence-electron chi connectivity index (χ1n) is 3.63. The standard InChI is InChI=1S/C9H5BrClNS/c10-8-5-13-9(12-8)6-3-1-2-4-7(6)11/h1-5H. The van der Waals surface area contributed by atoms with Crippen LogP contribution in [0.4, 0.5) is 0 Å². The van der Waals surface area contributed by atoms with Crippen LogP contribution in [0.1, 0.15) is 0 Å². The van der Waals surface area contributed by atoms with Crippen LogP contribution in [0.25, 0.3) is 10.6 Å². The molecule has 0 amide bonds. The highest BCUT2D eigenvalue weighted by Crippen LogP contribution is 2.31. The van der Waals surface area contributed by atoms with Crippen molar-refractivity contribution in [2.24, 2.45) is 0 Å². The molecule has 0 bridgehead atoms. The van der Waals surface area contributed by atoms with Gasteiger partial charge in [-0.1, -0.05) is 29.8 Å². The molecule has 0 saturated carbocycles. The summed E-state index contributed by atoms with van der Waals surface area (Å²) in [5.41, 5.74) is 0.986. The monoisotopic (exact) mass is 273 g/mol. The Morgan fingerprint density at radius 2 is 2.08 bits per heavy atom. The van der Waals surface area contributed by atoms with Gasteiger partial charge in [0.05, 0.1) is 5.02 Å². The number of thiazole rings is 1. The molecular formula is C9H5BrClNS. The van der Waals surface area contributed by atoms with Gasteiger partial charge in [0.1, 0.15) is 9.61 Å². The van der Waals surface area contributed by atoms with Crippen molar-refractivity contribution in [2.75, 3.05) is 0 Å². The minimum Gasteiger partial charge on any atom is -0.229 e. The summed E-state index contributed by atoms with van der Waals surface area (Å²) in [7, 11) is 0. The fraction of sp³-hybridized carbons (Fsp3) is 0. The van der Waals surface area contributed by atoms with Crippen molar-refractivity contribution in [2.45, 2.75) is 0 Å². The molecule has 1 nitrogen and oxygen atoms in total. The molecule has 0 atom stereocenters. The van der Waals surface area contributed by atoms with Crippen LogP contribution >= 0.6 is 38.9 Å². The van der Waals surface area contributed by atoms with Crippen molar-refractivity contribution in [3.05, 3.63) is 39.3 Å². The Kier molecular flexibility index (Phi) is 2.67. The third-order valence-electron chi connectivity index (χ3n) is 1.58. The van der Waals surface area contributed by atoms with Gasteiger partial charge in [-0.25, -0.2) is 4.98 Å². The summed E-state index contributed by atoms with van der Waals surface area (Å²) in [6.07, 6.45) is 0. The molecule has 0 aliphatic rings. The van der Waals surface area contributed by atoms with Crippen molar-refractivity contribution in [1.29, 1.82) is 0 Å². The van der Waals surface area contributed by atoms with Crippen molar-refractivity contribution >= 4 is 38.9 Å². The van der Waals surface area contributed by atoms with E-state index < -0.39 is 0 Å². The Bertz CT molecular complexity index is 427. The van der Waals surface area contributed by atoms with Crippen molar-refractivity contribution in [1.82, 2.24) is 4.98 Å². The number of hydrogen-bond acceptors (Lipinski definition) is 2. The van der Waals surface area contributed by atoms with Gasteiger partial charge in [-0.3, -0.25) is 0 Å². The lowest BCUT2D eigenvalue weighted by Gasteiger charge is -1.97. The van der Waals surface area contributed by atoms with Gasteiger partial charge in [-0.15, -0.1) is 11.3 Å². The lowest BCUT2D eigenvalue weighted by molar-refractivity contribution is 1.36. The molecule has 0 fully saturated rings. The number of aromatic nitrogens is 1. The maximum atomic E-state index is 6.02. The molecule has 2 aromatic rings. The molecule has 0 aliphatic heterocycles. The summed E-state index contributed by atoms with van der Waals surface area (Å²) in [5, 5.41) is 3.63. The second-order valence-corrected chi connectivity index (χ2v) is 4.53. The molecule has 1 aromatic carbocycles. The van der Waals surface area contributed by atoms with E-state index in [0.717, 1.165) is 20.2 Å². The first-order chi connectivity index (χ1) is 6.27. The predicted octanol–water partition coefficient (Wildman–Crippen LogP) is 4.23. The summed E-state index contributed by atoms with van der Waals surface area (Å²) in [6, 6.07) is 7.70.